The molecule has 3 rings (SSSR count). The number of benzene rings is 1. The molecule has 2 heterocycles. The molecule has 0 bridgehead atoms. The number of thiol groups is 1. The van der Waals surface area contributed by atoms with Crippen molar-refractivity contribution in [3.8, 4) is 5.69 Å². The largest absolute Gasteiger partial charge is 0.331 e. The molecule has 1 N–H and O–H groups in total. The minimum Gasteiger partial charge on any atom is -0.331 e. The first kappa shape index (κ1) is 13.3. The highest BCUT2D eigenvalue weighted by Gasteiger charge is 2.24. The van der Waals surface area contributed by atoms with Gasteiger partial charge in [0.05, 0.1) is 11.1 Å². The molecule has 0 saturated carbocycles. The summed E-state index contributed by atoms with van der Waals surface area (Å²) in [5.41, 5.74) is 1.10. The molecule has 1 atom stereocenters. The van der Waals surface area contributed by atoms with E-state index in [1.54, 1.807) is 36.7 Å². The first-order chi connectivity index (χ1) is 9.63. The number of hydrogen-bond acceptors (Lipinski definition) is 4. The van der Waals surface area contributed by atoms with Crippen LogP contribution in [0.15, 0.2) is 41.6 Å². The van der Waals surface area contributed by atoms with Crippen LogP contribution in [-0.2, 0) is 4.79 Å². The van der Waals surface area contributed by atoms with Gasteiger partial charge in [0.15, 0.2) is 0 Å². The molecule has 1 aromatic carbocycles. The molecule has 1 aromatic heterocycles. The van der Waals surface area contributed by atoms with E-state index in [0.29, 0.717) is 10.6 Å². The second-order valence-electron chi connectivity index (χ2n) is 4.12. The fraction of sp³-hybridized carbons (Fsp3) is 0.0769. The van der Waals surface area contributed by atoms with Gasteiger partial charge in [0.25, 0.3) is 5.91 Å². The number of carbonyl (C=O) groups excluding carboxylic acids is 1. The maximum absolute atomic E-state index is 13.6. The topological polar surface area (TPSA) is 46.9 Å². The molecule has 20 heavy (non-hydrogen) atoms. The van der Waals surface area contributed by atoms with Gasteiger partial charge in [-0.3, -0.25) is 4.79 Å². The average molecular weight is 307 g/mol. The molecule has 4 nitrogen and oxygen atoms in total. The van der Waals surface area contributed by atoms with E-state index in [-0.39, 0.29) is 16.4 Å². The lowest BCUT2D eigenvalue weighted by Crippen LogP contribution is -2.19. The van der Waals surface area contributed by atoms with E-state index >= 15 is 0 Å². The van der Waals surface area contributed by atoms with E-state index in [1.165, 1.54) is 22.5 Å². The number of nitrogens with zero attached hydrogens (tertiary/aromatic N) is 2. The maximum Gasteiger partial charge on any atom is 0.259 e. The number of carbonyl (C=O) groups is 1. The van der Waals surface area contributed by atoms with Gasteiger partial charge in [-0.1, -0.05) is 23.9 Å². The molecule has 2 aromatic rings. The molecule has 1 unspecified atom stereocenters. The monoisotopic (exact) mass is 307 g/mol. The molecule has 0 aliphatic carbocycles. The van der Waals surface area contributed by atoms with Crippen LogP contribution in [0.5, 0.6) is 0 Å². The first-order valence-electron chi connectivity index (χ1n) is 5.80. The summed E-state index contributed by atoms with van der Waals surface area (Å²) in [6.07, 6.45) is 4.96. The van der Waals surface area contributed by atoms with E-state index in [1.807, 2.05) is 0 Å². The number of halogens is 1. The molecule has 102 valence electrons. The summed E-state index contributed by atoms with van der Waals surface area (Å²) in [4.78, 5) is 12.2. The molecule has 0 radical (unpaired) electrons. The average Bonchev–Trinajstić information content (AvgIpc) is 2.98. The van der Waals surface area contributed by atoms with Crippen molar-refractivity contribution in [2.75, 3.05) is 0 Å². The molecular weight excluding hydrogens is 297 g/mol. The number of aromatic nitrogens is 2. The SMILES string of the molecule is O=C1NC(S)S/C1=C\c1cnn(-c2ccccc2F)c1. The Labute approximate surface area is 124 Å². The minimum atomic E-state index is -0.349. The van der Waals surface area contributed by atoms with Gasteiger partial charge >= 0.3 is 0 Å². The third-order valence-corrected chi connectivity index (χ3v) is 4.06. The van der Waals surface area contributed by atoms with E-state index in [9.17, 15) is 9.18 Å². The molecule has 0 spiro atoms. The van der Waals surface area contributed by atoms with Crippen LogP contribution >= 0.6 is 24.4 Å². The van der Waals surface area contributed by atoms with Crippen molar-refractivity contribution in [3.63, 3.8) is 0 Å². The van der Waals surface area contributed by atoms with Crippen LogP contribution in [0.2, 0.25) is 0 Å². The zero-order chi connectivity index (χ0) is 14.1. The number of para-hydroxylation sites is 1. The Morgan fingerprint density at radius 2 is 2.25 bits per heavy atom. The van der Waals surface area contributed by atoms with Gasteiger partial charge in [0, 0.05) is 11.8 Å². The third kappa shape index (κ3) is 2.59. The van der Waals surface area contributed by atoms with Crippen LogP contribution in [0.25, 0.3) is 11.8 Å². The molecule has 1 aliphatic heterocycles. The van der Waals surface area contributed by atoms with Gasteiger partial charge in [0.1, 0.15) is 16.2 Å². The first-order valence-corrected chi connectivity index (χ1v) is 7.20. The summed E-state index contributed by atoms with van der Waals surface area (Å²) in [5.74, 6) is -0.508. The predicted molar refractivity (Wildman–Crippen MR) is 80.0 cm³/mol. The quantitative estimate of drug-likeness (QED) is 0.662. The predicted octanol–water partition coefficient (Wildman–Crippen LogP) is 2.43. The lowest BCUT2D eigenvalue weighted by molar-refractivity contribution is -0.116. The number of rotatable bonds is 2. The summed E-state index contributed by atoms with van der Waals surface area (Å²) in [7, 11) is 0. The van der Waals surface area contributed by atoms with Crippen molar-refractivity contribution < 1.29 is 9.18 Å². The van der Waals surface area contributed by atoms with Crippen molar-refractivity contribution in [1.29, 1.82) is 0 Å². The van der Waals surface area contributed by atoms with E-state index in [4.69, 9.17) is 0 Å². The fourth-order valence-corrected chi connectivity index (χ4v) is 3.05. The molecule has 1 fully saturated rings. The highest BCUT2D eigenvalue weighted by atomic mass is 32.2. The molecule has 1 amide bonds. The second-order valence-corrected chi connectivity index (χ2v) is 6.13. The number of nitrogens with one attached hydrogen (secondary N) is 1. The Morgan fingerprint density at radius 3 is 2.95 bits per heavy atom. The normalized spacial score (nSPS) is 20.4. The second kappa shape index (κ2) is 5.34. The van der Waals surface area contributed by atoms with Crippen molar-refractivity contribution in [1.82, 2.24) is 15.1 Å². The highest BCUT2D eigenvalue weighted by molar-refractivity contribution is 8.14. The lowest BCUT2D eigenvalue weighted by Gasteiger charge is -2.01. The van der Waals surface area contributed by atoms with Gasteiger partial charge in [-0.25, -0.2) is 9.07 Å². The summed E-state index contributed by atoms with van der Waals surface area (Å²) in [5, 5.41) is 6.77. The maximum atomic E-state index is 13.6. The van der Waals surface area contributed by atoms with Crippen LogP contribution < -0.4 is 5.32 Å². The zero-order valence-corrected chi connectivity index (χ0v) is 11.9. The molecular formula is C13H10FN3OS2. The summed E-state index contributed by atoms with van der Waals surface area (Å²) >= 11 is 5.50. The Hall–Kier alpha value is -1.73. The summed E-state index contributed by atoms with van der Waals surface area (Å²) < 4.78 is 14.9. The number of hydrogen-bond donors (Lipinski definition) is 2. The van der Waals surface area contributed by atoms with Gasteiger partial charge in [-0.2, -0.15) is 5.10 Å². The smallest absolute Gasteiger partial charge is 0.259 e. The van der Waals surface area contributed by atoms with Gasteiger partial charge in [-0.05, 0) is 18.2 Å². The standard InChI is InChI=1S/C13H10FN3OS2/c14-9-3-1-2-4-10(9)17-7-8(6-15-17)5-11-12(18)16-13(19)20-11/h1-7,13,19H,(H,16,18)/b11-5-. The Morgan fingerprint density at radius 1 is 1.45 bits per heavy atom. The zero-order valence-electron chi connectivity index (χ0n) is 10.2. The van der Waals surface area contributed by atoms with E-state index in [0.717, 1.165) is 5.56 Å². The lowest BCUT2D eigenvalue weighted by atomic mass is 10.3. The Bertz CT molecular complexity index is 698. The van der Waals surface area contributed by atoms with Crippen LogP contribution in [0.3, 0.4) is 0 Å². The summed E-state index contributed by atoms with van der Waals surface area (Å²) in [6, 6.07) is 6.38. The van der Waals surface area contributed by atoms with Gasteiger partial charge < -0.3 is 5.32 Å². The van der Waals surface area contributed by atoms with Crippen molar-refractivity contribution in [2.24, 2.45) is 0 Å². The molecule has 1 saturated heterocycles. The van der Waals surface area contributed by atoms with Crippen LogP contribution in [0, 0.1) is 5.82 Å². The van der Waals surface area contributed by atoms with E-state index < -0.39 is 0 Å². The van der Waals surface area contributed by atoms with Crippen molar-refractivity contribution in [3.05, 3.63) is 52.9 Å². The fourth-order valence-electron chi connectivity index (χ4n) is 1.82. The van der Waals surface area contributed by atoms with Crippen LogP contribution in [0.1, 0.15) is 5.56 Å². The molecule has 7 heteroatoms. The van der Waals surface area contributed by atoms with Crippen LogP contribution in [0.4, 0.5) is 4.39 Å². The molecule has 1 aliphatic rings. The van der Waals surface area contributed by atoms with Crippen LogP contribution in [-0.4, -0.2) is 20.4 Å². The summed E-state index contributed by atoms with van der Waals surface area (Å²) in [6.45, 7) is 0. The third-order valence-electron chi connectivity index (χ3n) is 2.72. The van der Waals surface area contributed by atoms with Gasteiger partial charge in [0.2, 0.25) is 0 Å². The number of thioether (sulfide) groups is 1. The van der Waals surface area contributed by atoms with Crippen molar-refractivity contribution in [2.45, 2.75) is 4.71 Å². The van der Waals surface area contributed by atoms with Crippen molar-refractivity contribution >= 4 is 36.4 Å². The number of amides is 1. The minimum absolute atomic E-state index is 0.159. The van der Waals surface area contributed by atoms with E-state index in [2.05, 4.69) is 23.0 Å². The van der Waals surface area contributed by atoms with Gasteiger partial charge in [-0.15, -0.1) is 12.6 Å². The Balaban J connectivity index is 1.90. The highest BCUT2D eigenvalue weighted by Crippen LogP contribution is 2.30. The Kier molecular flexibility index (Phi) is 3.54.